The van der Waals surface area contributed by atoms with Crippen molar-refractivity contribution in [2.75, 3.05) is 57.4 Å². The Morgan fingerprint density at radius 1 is 1.00 bits per heavy atom. The van der Waals surface area contributed by atoms with Crippen LogP contribution >= 0.6 is 0 Å². The molecule has 1 aromatic carbocycles. The Morgan fingerprint density at radius 2 is 1.77 bits per heavy atom. The van der Waals surface area contributed by atoms with Gasteiger partial charge in [0.1, 0.15) is 11.5 Å². The van der Waals surface area contributed by atoms with E-state index in [0.29, 0.717) is 31.5 Å². The number of imidazole rings is 1. The Bertz CT molecular complexity index is 1350. The average molecular weight is 534 g/mol. The van der Waals surface area contributed by atoms with Crippen molar-refractivity contribution in [1.82, 2.24) is 24.4 Å². The molecule has 2 N–H and O–H groups in total. The number of aliphatic hydroxyl groups excluding tert-OH is 1. The Kier molecular flexibility index (Phi) is 7.37. The molecular weight excluding hydrogens is 494 g/mol. The maximum absolute atomic E-state index is 10.4. The number of aliphatic imine (C=N–C) groups is 1. The van der Waals surface area contributed by atoms with E-state index in [-0.39, 0.29) is 6.61 Å². The summed E-state index contributed by atoms with van der Waals surface area (Å²) in [7, 11) is 0. The number of benzene rings is 1. The second-order valence-electron chi connectivity index (χ2n) is 11.4. The van der Waals surface area contributed by atoms with Crippen LogP contribution < -0.4 is 4.90 Å². The van der Waals surface area contributed by atoms with Crippen molar-refractivity contribution >= 4 is 28.3 Å². The van der Waals surface area contributed by atoms with Crippen molar-refractivity contribution in [3.05, 3.63) is 35.8 Å². The lowest BCUT2D eigenvalue weighted by Gasteiger charge is -2.38. The van der Waals surface area contributed by atoms with E-state index in [1.165, 1.54) is 5.71 Å². The van der Waals surface area contributed by atoms with E-state index >= 15 is 0 Å². The molecule has 0 bridgehead atoms. The normalized spacial score (nSPS) is 19.4. The summed E-state index contributed by atoms with van der Waals surface area (Å²) in [5.41, 5.74) is 4.18. The monoisotopic (exact) mass is 533 g/mol. The summed E-state index contributed by atoms with van der Waals surface area (Å²) in [5, 5.41) is 20.2. The van der Waals surface area contributed by atoms with E-state index < -0.39 is 5.60 Å². The lowest BCUT2D eigenvalue weighted by Crippen LogP contribution is -2.43. The second-order valence-corrected chi connectivity index (χ2v) is 11.4. The third kappa shape index (κ3) is 5.43. The molecule has 2 fully saturated rings. The van der Waals surface area contributed by atoms with E-state index in [1.807, 2.05) is 42.7 Å². The highest BCUT2D eigenvalue weighted by Gasteiger charge is 2.32. The zero-order valence-electron chi connectivity index (χ0n) is 23.0. The van der Waals surface area contributed by atoms with Crippen LogP contribution in [0.2, 0.25) is 0 Å². The van der Waals surface area contributed by atoms with Gasteiger partial charge in [-0.1, -0.05) is 12.1 Å². The van der Waals surface area contributed by atoms with Crippen molar-refractivity contribution in [1.29, 1.82) is 0 Å². The Hall–Kier alpha value is -2.92. The molecule has 39 heavy (non-hydrogen) atoms. The second kappa shape index (κ2) is 10.9. The molecule has 5 heterocycles. The van der Waals surface area contributed by atoms with Crippen LogP contribution in [0.5, 0.6) is 0 Å². The molecule has 2 aromatic heterocycles. The first-order valence-corrected chi connectivity index (χ1v) is 14.2. The molecule has 2 saturated heterocycles. The summed E-state index contributed by atoms with van der Waals surface area (Å²) in [6.07, 6.45) is 4.12. The van der Waals surface area contributed by atoms with Crippen molar-refractivity contribution in [3.8, 4) is 5.95 Å². The van der Waals surface area contributed by atoms with Gasteiger partial charge in [0.05, 0.1) is 42.1 Å². The number of rotatable bonds is 7. The lowest BCUT2D eigenvalue weighted by molar-refractivity contribution is -0.0106. The average Bonchev–Trinajstić information content (AvgIpc) is 3.31. The molecule has 0 radical (unpaired) electrons. The number of aliphatic hydroxyl groups is 2. The SMILES string of the molecule is CC(C)(O)C1CCN(CC2=Nc3c(nc(-n4c(CCO)nc5ccccc54)nc3N3CCOCC3)CC2)CC1. The van der Waals surface area contributed by atoms with E-state index in [1.54, 1.807) is 0 Å². The molecule has 10 nitrogen and oxygen atoms in total. The van der Waals surface area contributed by atoms with Gasteiger partial charge >= 0.3 is 0 Å². The Labute approximate surface area is 229 Å². The van der Waals surface area contributed by atoms with Gasteiger partial charge in [0.15, 0.2) is 5.82 Å². The van der Waals surface area contributed by atoms with Gasteiger partial charge < -0.3 is 19.8 Å². The summed E-state index contributed by atoms with van der Waals surface area (Å²) in [4.78, 5) is 24.8. The predicted octanol–water partition coefficient (Wildman–Crippen LogP) is 2.69. The van der Waals surface area contributed by atoms with Crippen LogP contribution in [0.4, 0.5) is 11.5 Å². The number of aryl methyl sites for hydroxylation is 1. The number of piperidine rings is 1. The van der Waals surface area contributed by atoms with Crippen LogP contribution in [0.1, 0.15) is 44.6 Å². The minimum Gasteiger partial charge on any atom is -0.396 e. The molecule has 0 spiro atoms. The number of hydrogen-bond acceptors (Lipinski definition) is 9. The molecule has 0 atom stereocenters. The molecule has 0 saturated carbocycles. The van der Waals surface area contributed by atoms with Gasteiger partial charge in [-0.05, 0) is 70.7 Å². The first-order chi connectivity index (χ1) is 18.9. The van der Waals surface area contributed by atoms with Crippen LogP contribution in [0.25, 0.3) is 17.0 Å². The molecule has 6 rings (SSSR count). The van der Waals surface area contributed by atoms with E-state index in [9.17, 15) is 10.2 Å². The van der Waals surface area contributed by atoms with Gasteiger partial charge in [0.2, 0.25) is 5.95 Å². The van der Waals surface area contributed by atoms with Gasteiger partial charge in [-0.25, -0.2) is 9.97 Å². The number of hydrogen-bond donors (Lipinski definition) is 2. The number of ether oxygens (including phenoxy) is 1. The third-order valence-corrected chi connectivity index (χ3v) is 8.32. The van der Waals surface area contributed by atoms with Crippen molar-refractivity contribution in [2.45, 2.75) is 51.6 Å². The Morgan fingerprint density at radius 3 is 2.51 bits per heavy atom. The first kappa shape index (κ1) is 26.3. The Balaban J connectivity index is 1.35. The number of likely N-dealkylation sites (tertiary alicyclic amines) is 1. The molecule has 3 aliphatic heterocycles. The van der Waals surface area contributed by atoms with Crippen LogP contribution in [-0.2, 0) is 17.6 Å². The molecule has 0 unspecified atom stereocenters. The number of nitrogens with zero attached hydrogens (tertiary/aromatic N) is 7. The topological polar surface area (TPSA) is 112 Å². The van der Waals surface area contributed by atoms with Crippen molar-refractivity contribution in [3.63, 3.8) is 0 Å². The highest BCUT2D eigenvalue weighted by atomic mass is 16.5. The molecule has 0 aliphatic carbocycles. The highest BCUT2D eigenvalue weighted by molar-refractivity contribution is 5.92. The van der Waals surface area contributed by atoms with E-state index in [2.05, 4.69) is 9.80 Å². The molecule has 10 heteroatoms. The predicted molar refractivity (Wildman–Crippen MR) is 151 cm³/mol. The van der Waals surface area contributed by atoms with Gasteiger partial charge in [0.25, 0.3) is 0 Å². The number of aromatic nitrogens is 4. The molecule has 0 amide bonds. The quantitative estimate of drug-likeness (QED) is 0.477. The largest absolute Gasteiger partial charge is 0.396 e. The fourth-order valence-electron chi connectivity index (χ4n) is 6.07. The van der Waals surface area contributed by atoms with E-state index in [4.69, 9.17) is 24.7 Å². The maximum atomic E-state index is 10.4. The number of morpholine rings is 1. The molecular formula is C29H39N7O3. The number of fused-ring (bicyclic) bond motifs is 2. The summed E-state index contributed by atoms with van der Waals surface area (Å²) in [6.45, 7) is 9.49. The summed E-state index contributed by atoms with van der Waals surface area (Å²) >= 11 is 0. The molecule has 3 aliphatic rings. The fraction of sp³-hybridized carbons (Fsp3) is 0.586. The van der Waals surface area contributed by atoms with Gasteiger partial charge in [-0.2, -0.15) is 4.98 Å². The number of para-hydroxylation sites is 2. The first-order valence-electron chi connectivity index (χ1n) is 14.2. The van der Waals surface area contributed by atoms with Crippen LogP contribution in [0, 0.1) is 5.92 Å². The highest BCUT2D eigenvalue weighted by Crippen LogP contribution is 2.36. The zero-order valence-corrected chi connectivity index (χ0v) is 23.0. The molecule has 208 valence electrons. The maximum Gasteiger partial charge on any atom is 0.238 e. The van der Waals surface area contributed by atoms with Gasteiger partial charge in [0, 0.05) is 31.8 Å². The van der Waals surface area contributed by atoms with Gasteiger partial charge in [-0.3, -0.25) is 14.5 Å². The van der Waals surface area contributed by atoms with Crippen LogP contribution in [-0.4, -0.2) is 98.5 Å². The third-order valence-electron chi connectivity index (χ3n) is 8.32. The summed E-state index contributed by atoms with van der Waals surface area (Å²) in [6, 6.07) is 7.97. The van der Waals surface area contributed by atoms with Crippen molar-refractivity contribution in [2.24, 2.45) is 10.9 Å². The van der Waals surface area contributed by atoms with Crippen LogP contribution in [0.15, 0.2) is 29.3 Å². The van der Waals surface area contributed by atoms with Crippen molar-refractivity contribution < 1.29 is 14.9 Å². The molecule has 3 aromatic rings. The smallest absolute Gasteiger partial charge is 0.238 e. The van der Waals surface area contributed by atoms with Crippen LogP contribution in [0.3, 0.4) is 0 Å². The number of anilines is 1. The minimum absolute atomic E-state index is 0.00524. The van der Waals surface area contributed by atoms with Gasteiger partial charge in [-0.15, -0.1) is 0 Å². The van der Waals surface area contributed by atoms with E-state index in [0.717, 1.165) is 92.5 Å². The zero-order chi connectivity index (χ0) is 27.0. The summed E-state index contributed by atoms with van der Waals surface area (Å²) < 4.78 is 7.63. The standard InChI is InChI=1S/C29H39N7O3/c1-29(2,38)20-9-12-34(13-10-20)19-21-7-8-23-26(30-21)27(35-14-17-39-18-15-35)33-28(32-23)36-24-6-4-3-5-22(24)31-25(36)11-16-37/h3-6,20,37-38H,7-19H2,1-2H3. The fourth-order valence-corrected chi connectivity index (χ4v) is 6.07. The summed E-state index contributed by atoms with van der Waals surface area (Å²) in [5.74, 6) is 2.53. The minimum atomic E-state index is -0.618. The lowest BCUT2D eigenvalue weighted by atomic mass is 9.83.